The third-order valence-corrected chi connectivity index (χ3v) is 2.87. The lowest BCUT2D eigenvalue weighted by molar-refractivity contribution is 0.151. The predicted molar refractivity (Wildman–Crippen MR) is 59.0 cm³/mol. The SMILES string of the molecule is O=C1Nc2ccc(C(O)CBr)cc2CO1. The molecule has 1 aromatic rings. The predicted octanol–water partition coefficient (Wildman–Crippen LogP) is 2.18. The summed E-state index contributed by atoms with van der Waals surface area (Å²) in [7, 11) is 0. The molecular weight excluding hydrogens is 262 g/mol. The van der Waals surface area contributed by atoms with E-state index in [0.717, 1.165) is 16.8 Å². The molecule has 0 bridgehead atoms. The fourth-order valence-corrected chi connectivity index (χ4v) is 1.81. The number of fused-ring (bicyclic) bond motifs is 1. The maximum absolute atomic E-state index is 10.9. The summed E-state index contributed by atoms with van der Waals surface area (Å²) in [6.07, 6.45) is -0.968. The third-order valence-electron chi connectivity index (χ3n) is 2.26. The van der Waals surface area contributed by atoms with Crippen molar-refractivity contribution in [2.24, 2.45) is 0 Å². The van der Waals surface area contributed by atoms with E-state index < -0.39 is 12.2 Å². The van der Waals surface area contributed by atoms with Gasteiger partial charge in [-0.25, -0.2) is 4.79 Å². The molecule has 4 nitrogen and oxygen atoms in total. The number of aliphatic hydroxyl groups excluding tert-OH is 1. The van der Waals surface area contributed by atoms with Gasteiger partial charge in [-0.05, 0) is 17.7 Å². The van der Waals surface area contributed by atoms with E-state index in [-0.39, 0.29) is 6.61 Å². The fourth-order valence-electron chi connectivity index (χ4n) is 1.44. The van der Waals surface area contributed by atoms with Crippen LogP contribution in [0.25, 0.3) is 0 Å². The lowest BCUT2D eigenvalue weighted by atomic mass is 10.1. The molecule has 0 aromatic heterocycles. The number of nitrogens with one attached hydrogen (secondary N) is 1. The van der Waals surface area contributed by atoms with Crippen LogP contribution in [0.15, 0.2) is 18.2 Å². The highest BCUT2D eigenvalue weighted by atomic mass is 79.9. The zero-order chi connectivity index (χ0) is 10.8. The molecule has 0 saturated heterocycles. The Bertz CT molecular complexity index is 394. The van der Waals surface area contributed by atoms with Gasteiger partial charge in [-0.2, -0.15) is 0 Å². The molecular formula is C10H10BrNO3. The molecule has 1 heterocycles. The van der Waals surface area contributed by atoms with E-state index in [1.165, 1.54) is 0 Å². The minimum absolute atomic E-state index is 0.254. The minimum atomic E-state index is -0.534. The van der Waals surface area contributed by atoms with Gasteiger partial charge in [0.1, 0.15) is 6.61 Å². The molecule has 0 saturated carbocycles. The lowest BCUT2D eigenvalue weighted by Gasteiger charge is -2.19. The first-order chi connectivity index (χ1) is 7.20. The largest absolute Gasteiger partial charge is 0.444 e. The number of hydrogen-bond acceptors (Lipinski definition) is 3. The lowest BCUT2D eigenvalue weighted by Crippen LogP contribution is -2.20. The standard InChI is InChI=1S/C10H10BrNO3/c11-4-9(13)6-1-2-8-7(3-6)5-15-10(14)12-8/h1-3,9,13H,4-5H2,(H,12,14). The van der Waals surface area contributed by atoms with Crippen molar-refractivity contribution in [1.82, 2.24) is 0 Å². The number of cyclic esters (lactones) is 1. The van der Waals surface area contributed by atoms with E-state index >= 15 is 0 Å². The van der Waals surface area contributed by atoms with Crippen molar-refractivity contribution in [3.8, 4) is 0 Å². The Balaban J connectivity index is 2.30. The number of carbonyl (C=O) groups excluding carboxylic acids is 1. The summed E-state index contributed by atoms with van der Waals surface area (Å²) in [5, 5.41) is 12.7. The first-order valence-corrected chi connectivity index (χ1v) is 5.63. The maximum Gasteiger partial charge on any atom is 0.411 e. The second-order valence-corrected chi connectivity index (χ2v) is 3.94. The number of carbonyl (C=O) groups is 1. The highest BCUT2D eigenvalue weighted by Crippen LogP contribution is 2.25. The smallest absolute Gasteiger partial charge is 0.411 e. The second kappa shape index (κ2) is 4.20. The Hall–Kier alpha value is -1.07. The van der Waals surface area contributed by atoms with Gasteiger partial charge in [-0.15, -0.1) is 0 Å². The summed E-state index contributed by atoms with van der Waals surface area (Å²) < 4.78 is 4.83. The Morgan fingerprint density at radius 1 is 1.60 bits per heavy atom. The van der Waals surface area contributed by atoms with Gasteiger partial charge in [0.05, 0.1) is 11.8 Å². The molecule has 0 radical (unpaired) electrons. The second-order valence-electron chi connectivity index (χ2n) is 3.29. The Labute approximate surface area is 95.4 Å². The summed E-state index contributed by atoms with van der Waals surface area (Å²) in [4.78, 5) is 10.9. The molecule has 5 heteroatoms. The maximum atomic E-state index is 10.9. The van der Waals surface area contributed by atoms with Crippen LogP contribution in [0.1, 0.15) is 17.2 Å². The van der Waals surface area contributed by atoms with E-state index in [1.54, 1.807) is 12.1 Å². The van der Waals surface area contributed by atoms with Gasteiger partial charge in [-0.1, -0.05) is 22.0 Å². The van der Waals surface area contributed by atoms with E-state index in [1.807, 2.05) is 6.07 Å². The minimum Gasteiger partial charge on any atom is -0.444 e. The molecule has 2 rings (SSSR count). The van der Waals surface area contributed by atoms with Crippen LogP contribution in [0.2, 0.25) is 0 Å². The zero-order valence-corrected chi connectivity index (χ0v) is 9.45. The number of benzene rings is 1. The zero-order valence-electron chi connectivity index (χ0n) is 7.87. The summed E-state index contributed by atoms with van der Waals surface area (Å²) in [6, 6.07) is 5.40. The van der Waals surface area contributed by atoms with Gasteiger partial charge < -0.3 is 9.84 Å². The van der Waals surface area contributed by atoms with Gasteiger partial charge >= 0.3 is 6.09 Å². The van der Waals surface area contributed by atoms with Gasteiger partial charge in [0.15, 0.2) is 0 Å². The summed E-state index contributed by atoms with van der Waals surface area (Å²) in [5.41, 5.74) is 2.44. The molecule has 0 fully saturated rings. The van der Waals surface area contributed by atoms with E-state index in [2.05, 4.69) is 21.2 Å². The Kier molecular flexibility index (Phi) is 2.93. The molecule has 1 aliphatic heterocycles. The first kappa shape index (κ1) is 10.4. The van der Waals surface area contributed by atoms with Gasteiger partial charge in [0, 0.05) is 10.9 Å². The highest BCUT2D eigenvalue weighted by molar-refractivity contribution is 9.09. The summed E-state index contributed by atoms with van der Waals surface area (Å²) in [6.45, 7) is 0.254. The molecule has 1 atom stereocenters. The number of hydrogen-bond donors (Lipinski definition) is 2. The average molecular weight is 272 g/mol. The molecule has 0 spiro atoms. The van der Waals surface area contributed by atoms with Crippen LogP contribution in [0.4, 0.5) is 10.5 Å². The van der Waals surface area contributed by atoms with Crippen molar-refractivity contribution >= 4 is 27.7 Å². The number of amides is 1. The average Bonchev–Trinajstić information content (AvgIpc) is 2.27. The molecule has 1 aromatic carbocycles. The van der Waals surface area contributed by atoms with Crippen LogP contribution in [0.5, 0.6) is 0 Å². The van der Waals surface area contributed by atoms with Crippen LogP contribution < -0.4 is 5.32 Å². The molecule has 1 unspecified atom stereocenters. The topological polar surface area (TPSA) is 58.6 Å². The van der Waals surface area contributed by atoms with Gasteiger partial charge in [0.25, 0.3) is 0 Å². The Morgan fingerprint density at radius 2 is 2.40 bits per heavy atom. The van der Waals surface area contributed by atoms with Crippen molar-refractivity contribution < 1.29 is 14.6 Å². The summed E-state index contributed by atoms with van der Waals surface area (Å²) >= 11 is 3.21. The van der Waals surface area contributed by atoms with Crippen molar-refractivity contribution in [3.63, 3.8) is 0 Å². The molecule has 1 aliphatic rings. The molecule has 0 aliphatic carbocycles. The monoisotopic (exact) mass is 271 g/mol. The molecule has 1 amide bonds. The number of rotatable bonds is 2. The highest BCUT2D eigenvalue weighted by Gasteiger charge is 2.17. The first-order valence-electron chi connectivity index (χ1n) is 4.51. The van der Waals surface area contributed by atoms with Gasteiger partial charge in [0.2, 0.25) is 0 Å². The Morgan fingerprint density at radius 3 is 3.13 bits per heavy atom. The molecule has 80 valence electrons. The van der Waals surface area contributed by atoms with Crippen molar-refractivity contribution in [1.29, 1.82) is 0 Å². The molecule has 2 N–H and O–H groups in total. The number of aliphatic hydroxyl groups is 1. The van der Waals surface area contributed by atoms with E-state index in [0.29, 0.717) is 5.33 Å². The van der Waals surface area contributed by atoms with E-state index in [4.69, 9.17) is 4.74 Å². The van der Waals surface area contributed by atoms with Crippen LogP contribution in [0, 0.1) is 0 Å². The number of alkyl halides is 1. The van der Waals surface area contributed by atoms with E-state index in [9.17, 15) is 9.90 Å². The van der Waals surface area contributed by atoms with Crippen LogP contribution in [-0.2, 0) is 11.3 Å². The van der Waals surface area contributed by atoms with Crippen LogP contribution >= 0.6 is 15.9 Å². The van der Waals surface area contributed by atoms with Crippen molar-refractivity contribution in [2.75, 3.05) is 10.6 Å². The quantitative estimate of drug-likeness (QED) is 0.811. The van der Waals surface area contributed by atoms with Crippen molar-refractivity contribution in [2.45, 2.75) is 12.7 Å². The van der Waals surface area contributed by atoms with Gasteiger partial charge in [-0.3, -0.25) is 5.32 Å². The normalized spacial score (nSPS) is 16.3. The summed E-state index contributed by atoms with van der Waals surface area (Å²) in [5.74, 6) is 0. The van der Waals surface area contributed by atoms with Crippen LogP contribution in [-0.4, -0.2) is 16.5 Å². The number of ether oxygens (including phenoxy) is 1. The fraction of sp³-hybridized carbons (Fsp3) is 0.300. The number of anilines is 1. The van der Waals surface area contributed by atoms with Crippen LogP contribution in [0.3, 0.4) is 0 Å². The van der Waals surface area contributed by atoms with Crippen molar-refractivity contribution in [3.05, 3.63) is 29.3 Å². The third kappa shape index (κ3) is 2.13. The molecule has 15 heavy (non-hydrogen) atoms. The number of halogens is 1.